The molecule has 2 amide bonds. The summed E-state index contributed by atoms with van der Waals surface area (Å²) in [5, 5.41) is 6.25. The van der Waals surface area contributed by atoms with Crippen LogP contribution in [0.3, 0.4) is 0 Å². The Labute approximate surface area is 105 Å². The number of nitrogen functional groups attached to an aromatic ring is 1. The summed E-state index contributed by atoms with van der Waals surface area (Å²) in [5.41, 5.74) is 11.3. The van der Waals surface area contributed by atoms with E-state index in [0.717, 1.165) is 12.8 Å². The maximum atomic E-state index is 12.3. The molecule has 1 aromatic heterocycles. The molecule has 18 heavy (non-hydrogen) atoms. The maximum Gasteiger partial charge on any atom is 0.259 e. The quantitative estimate of drug-likeness (QED) is 0.669. The number of hydrogen-bond acceptors (Lipinski definition) is 4. The molecule has 2 atom stereocenters. The van der Waals surface area contributed by atoms with Crippen molar-refractivity contribution in [3.05, 3.63) is 11.8 Å². The van der Waals surface area contributed by atoms with Crippen molar-refractivity contribution in [2.24, 2.45) is 11.7 Å². The van der Waals surface area contributed by atoms with E-state index in [1.807, 2.05) is 6.92 Å². The molecule has 98 valence electrons. The molecule has 2 rings (SSSR count). The standard InChI is InChI=1S/C11H17N5O2/c1-6-2-3-7(10(13)17)5-16(6)11(18)8-4-14-15-9(8)12/h4,6-7H,2-3,5H2,1H3,(H2,13,17)(H3,12,14,15). The second-order valence-electron chi connectivity index (χ2n) is 4.68. The number of hydrogen-bond donors (Lipinski definition) is 3. The molecule has 7 heteroatoms. The van der Waals surface area contributed by atoms with Crippen LogP contribution in [-0.4, -0.2) is 39.5 Å². The average molecular weight is 251 g/mol. The van der Waals surface area contributed by atoms with Gasteiger partial charge >= 0.3 is 0 Å². The highest BCUT2D eigenvalue weighted by molar-refractivity contribution is 5.98. The summed E-state index contributed by atoms with van der Waals surface area (Å²) in [6, 6.07) is 0.0717. The van der Waals surface area contributed by atoms with E-state index in [1.165, 1.54) is 6.20 Å². The molecule has 2 unspecified atom stereocenters. The number of primary amides is 1. The van der Waals surface area contributed by atoms with Gasteiger partial charge in [0.2, 0.25) is 5.91 Å². The summed E-state index contributed by atoms with van der Waals surface area (Å²) in [7, 11) is 0. The minimum Gasteiger partial charge on any atom is -0.383 e. The monoisotopic (exact) mass is 251 g/mol. The summed E-state index contributed by atoms with van der Waals surface area (Å²) in [6.07, 6.45) is 2.89. The molecule has 0 aromatic carbocycles. The van der Waals surface area contributed by atoms with Gasteiger partial charge in [0.1, 0.15) is 11.4 Å². The number of nitrogens with one attached hydrogen (secondary N) is 1. The first kappa shape index (κ1) is 12.4. The molecular weight excluding hydrogens is 234 g/mol. The molecule has 1 aliphatic heterocycles. The Morgan fingerprint density at radius 2 is 2.22 bits per heavy atom. The van der Waals surface area contributed by atoms with Gasteiger partial charge in [-0.25, -0.2) is 0 Å². The van der Waals surface area contributed by atoms with Crippen molar-refractivity contribution in [1.29, 1.82) is 0 Å². The van der Waals surface area contributed by atoms with Crippen molar-refractivity contribution in [2.75, 3.05) is 12.3 Å². The number of carbonyl (C=O) groups excluding carboxylic acids is 2. The van der Waals surface area contributed by atoms with Gasteiger partial charge in [-0.1, -0.05) is 0 Å². The van der Waals surface area contributed by atoms with Gasteiger partial charge in [-0.15, -0.1) is 0 Å². The molecule has 0 saturated carbocycles. The van der Waals surface area contributed by atoms with Crippen LogP contribution in [0.1, 0.15) is 30.1 Å². The number of aromatic amines is 1. The van der Waals surface area contributed by atoms with E-state index < -0.39 is 0 Å². The summed E-state index contributed by atoms with van der Waals surface area (Å²) in [4.78, 5) is 25.2. The summed E-state index contributed by atoms with van der Waals surface area (Å²) < 4.78 is 0. The molecule has 1 aromatic rings. The highest BCUT2D eigenvalue weighted by atomic mass is 16.2. The van der Waals surface area contributed by atoms with Gasteiger partial charge in [0, 0.05) is 12.6 Å². The zero-order valence-corrected chi connectivity index (χ0v) is 10.2. The first-order valence-electron chi connectivity index (χ1n) is 5.89. The zero-order valence-electron chi connectivity index (χ0n) is 10.2. The first-order valence-corrected chi connectivity index (χ1v) is 5.89. The summed E-state index contributed by atoms with van der Waals surface area (Å²) in [6.45, 7) is 2.30. The molecule has 1 fully saturated rings. The summed E-state index contributed by atoms with van der Waals surface area (Å²) in [5.74, 6) is -0.605. The number of aromatic nitrogens is 2. The number of anilines is 1. The van der Waals surface area contributed by atoms with Crippen LogP contribution in [0.4, 0.5) is 5.82 Å². The number of piperidine rings is 1. The van der Waals surface area contributed by atoms with Crippen LogP contribution in [0, 0.1) is 5.92 Å². The number of H-pyrrole nitrogens is 1. The maximum absolute atomic E-state index is 12.3. The number of nitrogens with two attached hydrogens (primary N) is 2. The second-order valence-corrected chi connectivity index (χ2v) is 4.68. The van der Waals surface area contributed by atoms with Crippen LogP contribution in [-0.2, 0) is 4.79 Å². The molecule has 0 radical (unpaired) electrons. The van der Waals surface area contributed by atoms with E-state index in [-0.39, 0.29) is 29.6 Å². The van der Waals surface area contributed by atoms with Crippen LogP contribution in [0.15, 0.2) is 6.20 Å². The van der Waals surface area contributed by atoms with E-state index in [9.17, 15) is 9.59 Å². The highest BCUT2D eigenvalue weighted by Gasteiger charge is 2.33. The normalized spacial score (nSPS) is 23.9. The lowest BCUT2D eigenvalue weighted by molar-refractivity contribution is -0.123. The predicted molar refractivity (Wildman–Crippen MR) is 65.4 cm³/mol. The van der Waals surface area contributed by atoms with Crippen molar-refractivity contribution in [1.82, 2.24) is 15.1 Å². The first-order chi connectivity index (χ1) is 8.50. The topological polar surface area (TPSA) is 118 Å². The molecule has 0 aliphatic carbocycles. The SMILES string of the molecule is CC1CCC(C(N)=O)CN1C(=O)c1cn[nH]c1N. The van der Waals surface area contributed by atoms with Crippen molar-refractivity contribution in [3.63, 3.8) is 0 Å². The number of likely N-dealkylation sites (tertiary alicyclic amines) is 1. The van der Waals surface area contributed by atoms with Gasteiger partial charge in [0.25, 0.3) is 5.91 Å². The molecule has 1 aliphatic rings. The molecule has 5 N–H and O–H groups in total. The van der Waals surface area contributed by atoms with Crippen LogP contribution < -0.4 is 11.5 Å². The van der Waals surface area contributed by atoms with Crippen molar-refractivity contribution in [2.45, 2.75) is 25.8 Å². The Balaban J connectivity index is 2.18. The zero-order chi connectivity index (χ0) is 13.3. The summed E-state index contributed by atoms with van der Waals surface area (Å²) >= 11 is 0. The number of amides is 2. The largest absolute Gasteiger partial charge is 0.383 e. The fourth-order valence-corrected chi connectivity index (χ4v) is 2.24. The third-order valence-corrected chi connectivity index (χ3v) is 3.44. The van der Waals surface area contributed by atoms with Crippen LogP contribution >= 0.6 is 0 Å². The lowest BCUT2D eigenvalue weighted by atomic mass is 9.92. The van der Waals surface area contributed by atoms with Crippen molar-refractivity contribution >= 4 is 17.6 Å². The Morgan fingerprint density at radius 3 is 2.78 bits per heavy atom. The Kier molecular flexibility index (Phi) is 3.22. The van der Waals surface area contributed by atoms with Crippen molar-refractivity contribution in [3.8, 4) is 0 Å². The lowest BCUT2D eigenvalue weighted by Crippen LogP contribution is -2.48. The van der Waals surface area contributed by atoms with E-state index in [2.05, 4.69) is 10.2 Å². The smallest absolute Gasteiger partial charge is 0.259 e. The molecule has 2 heterocycles. The fraction of sp³-hybridized carbons (Fsp3) is 0.545. The predicted octanol–water partition coefficient (Wildman–Crippen LogP) is -0.282. The number of nitrogens with zero attached hydrogens (tertiary/aromatic N) is 2. The Morgan fingerprint density at radius 1 is 1.50 bits per heavy atom. The molecule has 7 nitrogen and oxygen atoms in total. The molecule has 1 saturated heterocycles. The lowest BCUT2D eigenvalue weighted by Gasteiger charge is -2.36. The van der Waals surface area contributed by atoms with E-state index in [0.29, 0.717) is 12.1 Å². The van der Waals surface area contributed by atoms with Gasteiger partial charge in [0.15, 0.2) is 0 Å². The average Bonchev–Trinajstić information content (AvgIpc) is 2.75. The van der Waals surface area contributed by atoms with Gasteiger partial charge in [-0.2, -0.15) is 5.10 Å². The van der Waals surface area contributed by atoms with Gasteiger partial charge in [0.05, 0.1) is 12.1 Å². The Hall–Kier alpha value is -2.05. The van der Waals surface area contributed by atoms with Crippen LogP contribution in [0.2, 0.25) is 0 Å². The minimum absolute atomic E-state index is 0.0717. The fourth-order valence-electron chi connectivity index (χ4n) is 2.24. The van der Waals surface area contributed by atoms with E-state index in [4.69, 9.17) is 11.5 Å². The number of carbonyl (C=O) groups is 2. The minimum atomic E-state index is -0.361. The van der Waals surface area contributed by atoms with Crippen molar-refractivity contribution < 1.29 is 9.59 Å². The van der Waals surface area contributed by atoms with E-state index >= 15 is 0 Å². The van der Waals surface area contributed by atoms with Gasteiger partial charge in [-0.05, 0) is 19.8 Å². The van der Waals surface area contributed by atoms with Crippen LogP contribution in [0.25, 0.3) is 0 Å². The molecule has 0 bridgehead atoms. The Bertz CT molecular complexity index is 470. The second kappa shape index (κ2) is 4.67. The molecular formula is C11H17N5O2. The molecule has 0 spiro atoms. The van der Waals surface area contributed by atoms with E-state index in [1.54, 1.807) is 4.90 Å². The van der Waals surface area contributed by atoms with Gasteiger partial charge < -0.3 is 16.4 Å². The number of rotatable bonds is 2. The highest BCUT2D eigenvalue weighted by Crippen LogP contribution is 2.24. The van der Waals surface area contributed by atoms with Crippen LogP contribution in [0.5, 0.6) is 0 Å². The third-order valence-electron chi connectivity index (χ3n) is 3.44. The van der Waals surface area contributed by atoms with Gasteiger partial charge in [-0.3, -0.25) is 14.7 Å². The third kappa shape index (κ3) is 2.15.